The number of nitrogens with one attached hydrogen (secondary N) is 1. The van der Waals surface area contributed by atoms with Crippen LogP contribution in [0.3, 0.4) is 0 Å². The minimum atomic E-state index is -0.843. The average Bonchev–Trinajstić information content (AvgIpc) is 3.84. The van der Waals surface area contributed by atoms with Crippen molar-refractivity contribution in [3.63, 3.8) is 0 Å². The third-order valence-corrected chi connectivity index (χ3v) is 9.78. The largest absolute Gasteiger partial charge is 0.494 e. The molecule has 4 rings (SSSR count). The smallest absolute Gasteiger partial charge is 0.303 e. The summed E-state index contributed by atoms with van der Waals surface area (Å²) in [6.07, 6.45) is 12.0. The second kappa shape index (κ2) is 19.8. The van der Waals surface area contributed by atoms with Gasteiger partial charge in [0.1, 0.15) is 11.9 Å². The van der Waals surface area contributed by atoms with Crippen LogP contribution in [0.15, 0.2) is 65.2 Å². The van der Waals surface area contributed by atoms with Gasteiger partial charge in [-0.05, 0) is 88.8 Å². The summed E-state index contributed by atoms with van der Waals surface area (Å²) in [7, 11) is 0. The number of nitrogens with zero attached hydrogens (tertiary/aromatic N) is 1. The zero-order chi connectivity index (χ0) is 38.5. The molecule has 0 unspecified atom stereocenters. The fraction of sp³-hybridized carbons (Fsp3) is 0.585. The minimum absolute atomic E-state index is 0.00667. The van der Waals surface area contributed by atoms with Crippen molar-refractivity contribution in [1.82, 2.24) is 5.32 Å². The van der Waals surface area contributed by atoms with Crippen LogP contribution in [0.2, 0.25) is 0 Å². The number of ether oxygens (including phenoxy) is 5. The molecule has 53 heavy (non-hydrogen) atoms. The van der Waals surface area contributed by atoms with Crippen molar-refractivity contribution < 1.29 is 48.0 Å². The minimum Gasteiger partial charge on any atom is -0.494 e. The Balaban J connectivity index is 1.21. The Labute approximate surface area is 313 Å². The number of allylic oxidation sites excluding steroid dienone is 2. The Morgan fingerprint density at radius 1 is 1.08 bits per heavy atom. The second-order valence-electron chi connectivity index (χ2n) is 14.6. The number of amides is 1. The van der Waals surface area contributed by atoms with E-state index >= 15 is 0 Å². The standard InChI is InChI=1S/C41H56N2O10/c1-26(10-17-38-27(2)20-37(30(5)52-38)43-39(46)18-11-28(3)51-31(6)44)9-14-35-22-41(25-50-41)23-36(53-35)21-33(45)24-42-29(4)32-12-15-34(16-13-32)49-19-7-8-40(47)48/h9-16,18,27-28,30,35-38H,7-8,17,19-25H2,1-6H3,(H,43,46)(H,47,48)/b14-9+,18-11-,26-10+,42-29?/t27-,28-,30+,35+,36+,37+,38-,41+/m0/s1. The summed E-state index contributed by atoms with van der Waals surface area (Å²) in [4.78, 5) is 51.7. The lowest BCUT2D eigenvalue weighted by atomic mass is 9.88. The van der Waals surface area contributed by atoms with Crippen LogP contribution in [0.1, 0.15) is 92.1 Å². The van der Waals surface area contributed by atoms with Crippen molar-refractivity contribution in [2.24, 2.45) is 10.9 Å². The van der Waals surface area contributed by atoms with Gasteiger partial charge in [0.2, 0.25) is 5.91 Å². The first kappa shape index (κ1) is 41.6. The van der Waals surface area contributed by atoms with Crippen LogP contribution in [0.4, 0.5) is 0 Å². The fourth-order valence-electron chi connectivity index (χ4n) is 6.70. The number of carboxylic acids is 1. The van der Waals surface area contributed by atoms with Crippen molar-refractivity contribution in [3.05, 3.63) is 65.8 Å². The summed E-state index contributed by atoms with van der Waals surface area (Å²) in [6, 6.07) is 7.26. The molecule has 0 aromatic heterocycles. The maximum absolute atomic E-state index is 13.0. The molecule has 0 saturated carbocycles. The predicted octanol–water partition coefficient (Wildman–Crippen LogP) is 5.71. The lowest BCUT2D eigenvalue weighted by Crippen LogP contribution is -2.50. The van der Waals surface area contributed by atoms with Gasteiger partial charge in [-0.15, -0.1) is 0 Å². The highest BCUT2D eigenvalue weighted by atomic mass is 16.6. The van der Waals surface area contributed by atoms with E-state index in [1.807, 2.05) is 38.1 Å². The number of hydrogen-bond acceptors (Lipinski definition) is 10. The number of rotatable bonds is 18. The lowest BCUT2D eigenvalue weighted by Gasteiger charge is -2.39. The molecule has 0 bridgehead atoms. The molecule has 1 aromatic rings. The van der Waals surface area contributed by atoms with Crippen LogP contribution in [0, 0.1) is 5.92 Å². The van der Waals surface area contributed by atoms with Gasteiger partial charge in [0.15, 0.2) is 5.78 Å². The first-order valence-electron chi connectivity index (χ1n) is 18.6. The van der Waals surface area contributed by atoms with Gasteiger partial charge in [0, 0.05) is 44.4 Å². The van der Waals surface area contributed by atoms with Crippen molar-refractivity contribution in [1.29, 1.82) is 0 Å². The first-order valence-corrected chi connectivity index (χ1v) is 18.6. The van der Waals surface area contributed by atoms with Crippen molar-refractivity contribution >= 4 is 29.3 Å². The van der Waals surface area contributed by atoms with Crippen LogP contribution < -0.4 is 10.1 Å². The average molecular weight is 737 g/mol. The van der Waals surface area contributed by atoms with E-state index in [0.29, 0.717) is 31.8 Å². The Morgan fingerprint density at radius 2 is 1.81 bits per heavy atom. The molecule has 0 radical (unpaired) electrons. The maximum atomic E-state index is 13.0. The molecule has 12 heteroatoms. The molecule has 1 aromatic carbocycles. The Kier molecular flexibility index (Phi) is 15.6. The first-order chi connectivity index (χ1) is 25.2. The quantitative estimate of drug-likeness (QED) is 0.0477. The van der Waals surface area contributed by atoms with E-state index in [1.165, 1.54) is 13.0 Å². The van der Waals surface area contributed by atoms with E-state index in [0.717, 1.165) is 36.1 Å². The summed E-state index contributed by atoms with van der Waals surface area (Å²) in [5.41, 5.74) is 2.49. The summed E-state index contributed by atoms with van der Waals surface area (Å²) >= 11 is 0. The SMILES string of the molecule is CC(=O)O[C@@H](C)/C=C\C(=O)N[C@@H]1C[C@H](C)[C@H](C/C=C(C)/C=C/[C@@H]2C[C@]3(CO3)C[C@@H](CC(=O)CN=C(C)c3ccc(OCCCC(=O)O)cc3)O2)O[C@@H]1C. The zero-order valence-corrected chi connectivity index (χ0v) is 31.9. The summed E-state index contributed by atoms with van der Waals surface area (Å²) in [5, 5.41) is 11.8. The highest BCUT2D eigenvalue weighted by Gasteiger charge is 2.51. The Hall–Kier alpha value is -4.13. The number of ketones is 1. The molecule has 0 aliphatic carbocycles. The summed E-state index contributed by atoms with van der Waals surface area (Å²) in [6.45, 7) is 12.1. The van der Waals surface area contributed by atoms with E-state index in [2.05, 4.69) is 42.4 Å². The number of epoxide rings is 1. The molecule has 3 aliphatic rings. The molecule has 290 valence electrons. The molecule has 8 atom stereocenters. The van der Waals surface area contributed by atoms with Gasteiger partial charge in [-0.25, -0.2) is 0 Å². The number of hydrogen-bond donors (Lipinski definition) is 2. The number of carboxylic acid groups (broad SMARTS) is 1. The molecular weight excluding hydrogens is 680 g/mol. The molecule has 12 nitrogen and oxygen atoms in total. The van der Waals surface area contributed by atoms with Crippen molar-refractivity contribution in [2.75, 3.05) is 19.8 Å². The van der Waals surface area contributed by atoms with E-state index in [4.69, 9.17) is 28.8 Å². The van der Waals surface area contributed by atoms with Gasteiger partial charge in [-0.3, -0.25) is 24.2 Å². The summed E-state index contributed by atoms with van der Waals surface area (Å²) in [5.74, 6) is -0.585. The second-order valence-corrected chi connectivity index (χ2v) is 14.6. The van der Waals surface area contributed by atoms with Gasteiger partial charge >= 0.3 is 11.9 Å². The van der Waals surface area contributed by atoms with Gasteiger partial charge < -0.3 is 34.1 Å². The predicted molar refractivity (Wildman–Crippen MR) is 200 cm³/mol. The number of benzene rings is 1. The zero-order valence-electron chi connectivity index (χ0n) is 31.9. The topological polar surface area (TPSA) is 162 Å². The van der Waals surface area contributed by atoms with Crippen LogP contribution in [-0.4, -0.2) is 96.4 Å². The third kappa shape index (κ3) is 14.3. The number of Topliss-reactive ketones (excluding diaryl/α,β-unsaturated/α-hetero) is 1. The van der Waals surface area contributed by atoms with E-state index < -0.39 is 18.0 Å². The molecule has 3 saturated heterocycles. The van der Waals surface area contributed by atoms with Crippen molar-refractivity contribution in [2.45, 2.75) is 129 Å². The number of aliphatic imine (C=N–C) groups is 1. The molecule has 3 aliphatic heterocycles. The van der Waals surface area contributed by atoms with E-state index in [-0.39, 0.29) is 73.1 Å². The molecular formula is C41H56N2O10. The van der Waals surface area contributed by atoms with Gasteiger partial charge in [-0.1, -0.05) is 30.7 Å². The number of esters is 1. The molecule has 3 heterocycles. The summed E-state index contributed by atoms with van der Waals surface area (Å²) < 4.78 is 29.2. The highest BCUT2D eigenvalue weighted by molar-refractivity contribution is 6.00. The lowest BCUT2D eigenvalue weighted by molar-refractivity contribution is -0.143. The maximum Gasteiger partial charge on any atom is 0.303 e. The van der Waals surface area contributed by atoms with Crippen LogP contribution >= 0.6 is 0 Å². The van der Waals surface area contributed by atoms with E-state index in [9.17, 15) is 19.2 Å². The van der Waals surface area contributed by atoms with Gasteiger partial charge in [0.05, 0.1) is 55.8 Å². The molecule has 1 spiro atoms. The van der Waals surface area contributed by atoms with Gasteiger partial charge in [-0.2, -0.15) is 0 Å². The van der Waals surface area contributed by atoms with Crippen molar-refractivity contribution in [3.8, 4) is 5.75 Å². The monoisotopic (exact) mass is 736 g/mol. The van der Waals surface area contributed by atoms with E-state index in [1.54, 1.807) is 13.0 Å². The Bertz CT molecular complexity index is 1540. The normalized spacial score (nSPS) is 28.2. The van der Waals surface area contributed by atoms with Crippen LogP contribution in [-0.2, 0) is 38.1 Å². The molecule has 2 N–H and O–H groups in total. The number of aliphatic carboxylic acids is 1. The third-order valence-electron chi connectivity index (χ3n) is 9.78. The van der Waals surface area contributed by atoms with Crippen LogP contribution in [0.25, 0.3) is 0 Å². The van der Waals surface area contributed by atoms with Gasteiger partial charge in [0.25, 0.3) is 0 Å². The number of carbonyl (C=O) groups excluding carboxylic acids is 3. The fourth-order valence-corrected chi connectivity index (χ4v) is 6.70. The molecule has 3 fully saturated rings. The highest BCUT2D eigenvalue weighted by Crippen LogP contribution is 2.43. The number of carbonyl (C=O) groups is 4. The van der Waals surface area contributed by atoms with Crippen LogP contribution in [0.5, 0.6) is 5.75 Å². The molecule has 1 amide bonds. The Morgan fingerprint density at radius 3 is 2.49 bits per heavy atom.